The van der Waals surface area contributed by atoms with Crippen LogP contribution in [0.5, 0.6) is 0 Å². The minimum absolute atomic E-state index is 0.0114. The van der Waals surface area contributed by atoms with Crippen LogP contribution in [-0.2, 0) is 56.6 Å². The van der Waals surface area contributed by atoms with E-state index in [1.54, 1.807) is 0 Å². The zero-order chi connectivity index (χ0) is 37.4. The van der Waals surface area contributed by atoms with Crippen LogP contribution >= 0.6 is 0 Å². The number of hydrogen-bond donors (Lipinski definition) is 3. The van der Waals surface area contributed by atoms with Crippen LogP contribution in [0.25, 0.3) is 10.4 Å². The molecule has 3 rings (SSSR count). The molecule has 11 nitrogen and oxygen atoms in total. The molecule has 1 amide bonds. The summed E-state index contributed by atoms with van der Waals surface area (Å²) >= 11 is 0. The molecule has 4 atom stereocenters. The van der Waals surface area contributed by atoms with Crippen molar-refractivity contribution in [3.05, 3.63) is 129 Å². The van der Waals surface area contributed by atoms with E-state index in [4.69, 9.17) is 11.5 Å². The van der Waals surface area contributed by atoms with Gasteiger partial charge in [0.2, 0.25) is 5.91 Å². The summed E-state index contributed by atoms with van der Waals surface area (Å²) in [6.07, 6.45) is 3.56. The van der Waals surface area contributed by atoms with Crippen molar-refractivity contribution in [1.82, 2.24) is 5.32 Å². The molecule has 0 aromatic heterocycles. The highest BCUT2D eigenvalue weighted by Crippen LogP contribution is 2.22. The highest BCUT2D eigenvalue weighted by Gasteiger charge is 2.31. The largest absolute Gasteiger partial charge is 0.346 e. The Kier molecular flexibility index (Phi) is 16.2. The third kappa shape index (κ3) is 14.6. The molecule has 3 aromatic carbocycles. The second kappa shape index (κ2) is 20.3. The highest BCUT2D eigenvalue weighted by molar-refractivity contribution is 7.93. The Bertz CT molecular complexity index is 1770. The third-order valence-corrected chi connectivity index (χ3v) is 9.28. The minimum atomic E-state index is -3.45. The molecule has 51 heavy (non-hydrogen) atoms. The zero-order valence-electron chi connectivity index (χ0n) is 29.6. The van der Waals surface area contributed by atoms with Crippen LogP contribution in [0.2, 0.25) is 0 Å². The van der Waals surface area contributed by atoms with Crippen LogP contribution in [0.3, 0.4) is 0 Å². The number of sulfone groups is 1. The normalized spacial score (nSPS) is 14.0. The second-order valence-electron chi connectivity index (χ2n) is 13.5. The molecule has 0 unspecified atom stereocenters. The maximum Gasteiger partial charge on any atom is 0.224 e. The van der Waals surface area contributed by atoms with Crippen molar-refractivity contribution in [3.63, 3.8) is 0 Å². The van der Waals surface area contributed by atoms with Crippen molar-refractivity contribution < 1.29 is 22.8 Å². The summed E-state index contributed by atoms with van der Waals surface area (Å²) in [5.74, 6) is -2.37. The van der Waals surface area contributed by atoms with Gasteiger partial charge in [0.05, 0.1) is 6.04 Å². The average molecular weight is 715 g/mol. The van der Waals surface area contributed by atoms with Gasteiger partial charge in [0.1, 0.15) is 11.8 Å². The number of allylic oxidation sites excluding steroid dienone is 1. The number of hydrogen-bond acceptors (Lipinski definition) is 8. The average Bonchev–Trinajstić information content (AvgIpc) is 3.10. The van der Waals surface area contributed by atoms with Crippen molar-refractivity contribution in [2.45, 2.75) is 77.5 Å². The first-order chi connectivity index (χ1) is 24.3. The zero-order valence-corrected chi connectivity index (χ0v) is 30.5. The van der Waals surface area contributed by atoms with E-state index in [-0.39, 0.29) is 43.2 Å². The lowest BCUT2D eigenvalue weighted by atomic mass is 9.87. The van der Waals surface area contributed by atoms with E-state index in [9.17, 15) is 28.3 Å². The van der Waals surface area contributed by atoms with Gasteiger partial charge in [-0.3, -0.25) is 14.4 Å². The number of benzene rings is 3. The summed E-state index contributed by atoms with van der Waals surface area (Å²) in [7, 11) is -3.45. The number of carbonyl (C=O) groups excluding carboxylic acids is 3. The summed E-state index contributed by atoms with van der Waals surface area (Å²) in [5, 5.41) is 7.84. The Labute approximate surface area is 301 Å². The van der Waals surface area contributed by atoms with E-state index in [0.29, 0.717) is 25.9 Å². The third-order valence-electron chi connectivity index (χ3n) is 8.62. The smallest absolute Gasteiger partial charge is 0.224 e. The van der Waals surface area contributed by atoms with Gasteiger partial charge >= 0.3 is 0 Å². The van der Waals surface area contributed by atoms with Gasteiger partial charge in [-0.2, -0.15) is 0 Å². The maximum atomic E-state index is 14.1. The van der Waals surface area contributed by atoms with Crippen molar-refractivity contribution in [1.29, 1.82) is 0 Å². The molecule has 0 aliphatic heterocycles. The fourth-order valence-corrected chi connectivity index (χ4v) is 6.37. The predicted molar refractivity (Wildman–Crippen MR) is 201 cm³/mol. The molecule has 0 fully saturated rings. The van der Waals surface area contributed by atoms with Gasteiger partial charge in [-0.05, 0) is 70.9 Å². The lowest BCUT2D eigenvalue weighted by Gasteiger charge is -2.25. The first-order valence-electron chi connectivity index (χ1n) is 17.2. The van der Waals surface area contributed by atoms with E-state index >= 15 is 0 Å². The molecule has 0 saturated heterocycles. The van der Waals surface area contributed by atoms with Crippen LogP contribution in [0, 0.1) is 17.8 Å². The standard InChI is InChI=1S/C39H50N6O5S/c1-27(2)19-35(37(46)23-33(17-18-51(3,49)50)20-29-9-13-31(25-40)14-10-29)43-39(48)34(21-30-11-15-32(26-41)16-12-30)24-38(47)36(44-45-42)22-28-7-5-4-6-8-28/h4-18,27,33-36H,19-26,40-41H2,1-3H3,(H,43,48)/b18-17+/t33-,34-,35+,36+/m1/s1. The summed E-state index contributed by atoms with van der Waals surface area (Å²) in [4.78, 5) is 44.6. The molecule has 0 bridgehead atoms. The van der Waals surface area contributed by atoms with Crippen molar-refractivity contribution in [3.8, 4) is 0 Å². The second-order valence-corrected chi connectivity index (χ2v) is 15.4. The van der Waals surface area contributed by atoms with E-state index in [0.717, 1.165) is 39.5 Å². The van der Waals surface area contributed by atoms with Gasteiger partial charge in [-0.1, -0.05) is 104 Å². The Balaban J connectivity index is 1.88. The topological polar surface area (TPSA) is 198 Å². The molecule has 272 valence electrons. The van der Waals surface area contributed by atoms with Gasteiger partial charge < -0.3 is 16.8 Å². The summed E-state index contributed by atoms with van der Waals surface area (Å²) in [6.45, 7) is 4.63. The fourth-order valence-electron chi connectivity index (χ4n) is 5.86. The van der Waals surface area contributed by atoms with E-state index in [1.807, 2.05) is 92.7 Å². The molecule has 0 saturated carbocycles. The minimum Gasteiger partial charge on any atom is -0.346 e. The van der Waals surface area contributed by atoms with E-state index in [2.05, 4.69) is 15.3 Å². The number of rotatable bonds is 21. The summed E-state index contributed by atoms with van der Waals surface area (Å²) < 4.78 is 24.0. The van der Waals surface area contributed by atoms with E-state index in [1.165, 1.54) is 6.08 Å². The van der Waals surface area contributed by atoms with Crippen molar-refractivity contribution in [2.75, 3.05) is 6.26 Å². The number of nitrogens with two attached hydrogens (primary N) is 2. The van der Waals surface area contributed by atoms with Crippen LogP contribution in [0.4, 0.5) is 0 Å². The van der Waals surface area contributed by atoms with Crippen LogP contribution in [0.1, 0.15) is 60.9 Å². The Morgan fingerprint density at radius 3 is 1.82 bits per heavy atom. The fraction of sp³-hybridized carbons (Fsp3) is 0.410. The molecule has 5 N–H and O–H groups in total. The summed E-state index contributed by atoms with van der Waals surface area (Å²) in [6, 6.07) is 22.4. The molecule has 0 aliphatic carbocycles. The van der Waals surface area contributed by atoms with Gasteiger partial charge in [0, 0.05) is 48.4 Å². The van der Waals surface area contributed by atoms with Crippen LogP contribution < -0.4 is 16.8 Å². The first kappa shape index (κ1) is 40.8. The quantitative estimate of drug-likeness (QED) is 0.0730. The molecular formula is C39H50N6O5S. The van der Waals surface area contributed by atoms with Crippen LogP contribution in [0.15, 0.2) is 95.5 Å². The lowest BCUT2D eigenvalue weighted by molar-refractivity contribution is -0.133. The number of azide groups is 1. The Hall–Kier alpha value is -4.61. The van der Waals surface area contributed by atoms with Gasteiger partial charge in [0.15, 0.2) is 15.6 Å². The number of nitrogens with one attached hydrogen (secondary N) is 1. The predicted octanol–water partition coefficient (Wildman–Crippen LogP) is 5.55. The monoisotopic (exact) mass is 714 g/mol. The first-order valence-corrected chi connectivity index (χ1v) is 19.1. The van der Waals surface area contributed by atoms with Crippen molar-refractivity contribution in [2.24, 2.45) is 34.3 Å². The maximum absolute atomic E-state index is 14.1. The molecule has 12 heteroatoms. The highest BCUT2D eigenvalue weighted by atomic mass is 32.2. The van der Waals surface area contributed by atoms with E-state index < -0.39 is 39.7 Å². The number of Topliss-reactive ketones (excluding diaryl/α,β-unsaturated/α-hetero) is 2. The Morgan fingerprint density at radius 2 is 1.31 bits per heavy atom. The Morgan fingerprint density at radius 1 is 0.784 bits per heavy atom. The molecule has 3 aromatic rings. The number of nitrogens with zero attached hydrogens (tertiary/aromatic N) is 3. The van der Waals surface area contributed by atoms with Crippen LogP contribution in [-0.4, -0.2) is 44.2 Å². The van der Waals surface area contributed by atoms with Gasteiger partial charge in [-0.25, -0.2) is 8.42 Å². The number of amides is 1. The molecule has 0 aliphatic rings. The summed E-state index contributed by atoms with van der Waals surface area (Å²) in [5.41, 5.74) is 25.2. The molecule has 0 spiro atoms. The number of carbonyl (C=O) groups is 3. The molecule has 0 heterocycles. The SMILES string of the molecule is CC(C)C[C@H](NC(=O)[C@@H](CC(=O)[C@H](Cc1ccccc1)N=[N+]=[N-])Cc1ccc(CN)cc1)C(=O)C[C@H](/C=C/S(C)(=O)=O)Cc1ccc(CN)cc1. The van der Waals surface area contributed by atoms with Gasteiger partial charge in [0.25, 0.3) is 0 Å². The van der Waals surface area contributed by atoms with Crippen molar-refractivity contribution >= 4 is 27.3 Å². The lowest BCUT2D eigenvalue weighted by Crippen LogP contribution is -2.46. The van der Waals surface area contributed by atoms with Gasteiger partial charge in [-0.15, -0.1) is 0 Å². The molecular weight excluding hydrogens is 665 g/mol. The number of ketones is 2. The molecule has 0 radical (unpaired) electrons.